The van der Waals surface area contributed by atoms with Crippen LogP contribution in [0.3, 0.4) is 0 Å². The van der Waals surface area contributed by atoms with Crippen molar-refractivity contribution in [3.63, 3.8) is 0 Å². The molecule has 33 heavy (non-hydrogen) atoms. The second-order valence-corrected chi connectivity index (χ2v) is 10.7. The van der Waals surface area contributed by atoms with Crippen LogP contribution in [0.25, 0.3) is 16.3 Å². The van der Waals surface area contributed by atoms with Crippen molar-refractivity contribution < 1.29 is 18.8 Å². The standard InChI is InChI=1S/C21H18N4O4S4/c26-17(23-24-18(27)12-31-20-22-14-6-1-2-7-15(14)32-20)8-3-9-25-19(28)16(33-21(25)30)11-13-5-4-10-29-13/h1-2,4-7,10-11H,3,8-9,12H2,(H,23,26)(H,24,27)/b16-11+. The van der Waals surface area contributed by atoms with Gasteiger partial charge in [0, 0.05) is 19.0 Å². The lowest BCUT2D eigenvalue weighted by atomic mass is 10.3. The fourth-order valence-electron chi connectivity index (χ4n) is 2.87. The van der Waals surface area contributed by atoms with Gasteiger partial charge in [-0.15, -0.1) is 11.3 Å². The van der Waals surface area contributed by atoms with Crippen molar-refractivity contribution in [2.24, 2.45) is 0 Å². The van der Waals surface area contributed by atoms with Crippen molar-refractivity contribution in [3.05, 3.63) is 53.3 Å². The molecule has 12 heteroatoms. The van der Waals surface area contributed by atoms with Crippen molar-refractivity contribution in [2.45, 2.75) is 17.2 Å². The number of nitrogens with one attached hydrogen (secondary N) is 2. The van der Waals surface area contributed by atoms with Crippen molar-refractivity contribution in [1.82, 2.24) is 20.7 Å². The molecule has 0 bridgehead atoms. The molecule has 8 nitrogen and oxygen atoms in total. The molecule has 1 saturated heterocycles. The summed E-state index contributed by atoms with van der Waals surface area (Å²) in [7, 11) is 0. The van der Waals surface area contributed by atoms with Crippen molar-refractivity contribution >= 4 is 85.4 Å². The molecule has 0 saturated carbocycles. The highest BCUT2D eigenvalue weighted by Gasteiger charge is 2.31. The van der Waals surface area contributed by atoms with E-state index in [9.17, 15) is 14.4 Å². The Kier molecular flexibility index (Phi) is 7.81. The van der Waals surface area contributed by atoms with Gasteiger partial charge in [0.2, 0.25) is 11.8 Å². The Balaban J connectivity index is 1.15. The van der Waals surface area contributed by atoms with E-state index in [1.807, 2.05) is 24.3 Å². The molecule has 0 unspecified atom stereocenters. The van der Waals surface area contributed by atoms with Gasteiger partial charge in [0.25, 0.3) is 5.91 Å². The molecule has 1 fully saturated rings. The van der Waals surface area contributed by atoms with Gasteiger partial charge in [-0.2, -0.15) is 0 Å². The molecule has 3 amide bonds. The quantitative estimate of drug-likeness (QED) is 0.201. The van der Waals surface area contributed by atoms with E-state index in [1.54, 1.807) is 18.2 Å². The summed E-state index contributed by atoms with van der Waals surface area (Å²) < 4.78 is 7.53. The first-order valence-corrected chi connectivity index (χ1v) is 12.9. The third-order valence-corrected chi connectivity index (χ3v) is 7.98. The summed E-state index contributed by atoms with van der Waals surface area (Å²) in [4.78, 5) is 43.0. The SMILES string of the molecule is O=C(CCCN1C(=O)/C(=C\c2ccco2)SC1=S)NNC(=O)CSc1nc2ccccc2s1. The number of carbonyl (C=O) groups is 3. The van der Waals surface area contributed by atoms with Gasteiger partial charge in [-0.1, -0.05) is 47.9 Å². The smallest absolute Gasteiger partial charge is 0.266 e. The van der Waals surface area contributed by atoms with Crippen molar-refractivity contribution in [1.29, 1.82) is 0 Å². The van der Waals surface area contributed by atoms with Gasteiger partial charge >= 0.3 is 0 Å². The van der Waals surface area contributed by atoms with E-state index in [-0.39, 0.29) is 29.9 Å². The monoisotopic (exact) mass is 518 g/mol. The molecule has 2 aromatic heterocycles. The number of thiazole rings is 1. The number of hydrogen-bond acceptors (Lipinski definition) is 9. The average Bonchev–Trinajstić information content (AvgIpc) is 3.52. The Labute approximate surface area is 207 Å². The number of furan rings is 1. The van der Waals surface area contributed by atoms with Gasteiger partial charge in [-0.3, -0.25) is 30.1 Å². The zero-order chi connectivity index (χ0) is 23.2. The number of aromatic nitrogens is 1. The van der Waals surface area contributed by atoms with Crippen LogP contribution in [-0.2, 0) is 14.4 Å². The first-order valence-electron chi connectivity index (χ1n) is 9.84. The predicted octanol–water partition coefficient (Wildman–Crippen LogP) is 3.81. The summed E-state index contributed by atoms with van der Waals surface area (Å²) >= 11 is 9.31. The maximum absolute atomic E-state index is 12.5. The van der Waals surface area contributed by atoms with Gasteiger partial charge in [0.1, 0.15) is 10.1 Å². The predicted molar refractivity (Wildman–Crippen MR) is 134 cm³/mol. The molecular formula is C21H18N4O4S4. The molecule has 0 spiro atoms. The van der Waals surface area contributed by atoms with Crippen LogP contribution in [0.15, 0.2) is 56.3 Å². The Bertz CT molecular complexity index is 1190. The minimum absolute atomic E-state index is 0.138. The van der Waals surface area contributed by atoms with E-state index in [1.165, 1.54) is 46.0 Å². The lowest BCUT2D eigenvalue weighted by Crippen LogP contribution is -2.42. The summed E-state index contributed by atoms with van der Waals surface area (Å²) in [6.07, 6.45) is 3.72. The van der Waals surface area contributed by atoms with E-state index in [2.05, 4.69) is 15.8 Å². The molecule has 1 aliphatic heterocycles. The van der Waals surface area contributed by atoms with E-state index >= 15 is 0 Å². The van der Waals surface area contributed by atoms with Gasteiger partial charge in [0.05, 0.1) is 27.1 Å². The van der Waals surface area contributed by atoms with Gasteiger partial charge in [-0.25, -0.2) is 4.98 Å². The van der Waals surface area contributed by atoms with E-state index < -0.39 is 0 Å². The number of hydrazine groups is 1. The first kappa shape index (κ1) is 23.5. The molecule has 170 valence electrons. The van der Waals surface area contributed by atoms with Gasteiger partial charge in [-0.05, 0) is 30.7 Å². The summed E-state index contributed by atoms with van der Waals surface area (Å²) in [5.41, 5.74) is 5.70. The maximum atomic E-state index is 12.5. The molecule has 0 atom stereocenters. The second kappa shape index (κ2) is 11.0. The van der Waals surface area contributed by atoms with Crippen LogP contribution >= 0.6 is 47.1 Å². The van der Waals surface area contributed by atoms with E-state index in [0.717, 1.165) is 14.6 Å². The first-order chi connectivity index (χ1) is 16.0. The number of rotatable bonds is 8. The third-order valence-electron chi connectivity index (χ3n) is 4.42. The molecule has 0 aliphatic carbocycles. The summed E-state index contributed by atoms with van der Waals surface area (Å²) in [6.45, 7) is 0.314. The number of thiocarbonyl (C=S) groups is 1. The number of amides is 3. The Hall–Kier alpha value is -2.67. The van der Waals surface area contributed by atoms with Crippen LogP contribution in [0.5, 0.6) is 0 Å². The van der Waals surface area contributed by atoms with Crippen LogP contribution in [0, 0.1) is 0 Å². The van der Waals surface area contributed by atoms with E-state index in [0.29, 0.717) is 28.0 Å². The third kappa shape index (κ3) is 6.22. The maximum Gasteiger partial charge on any atom is 0.266 e. The Morgan fingerprint density at radius 2 is 2.00 bits per heavy atom. The van der Waals surface area contributed by atoms with Crippen molar-refractivity contribution in [3.8, 4) is 0 Å². The zero-order valence-electron chi connectivity index (χ0n) is 17.1. The number of nitrogens with zero attached hydrogens (tertiary/aromatic N) is 2. The molecule has 0 radical (unpaired) electrons. The number of thioether (sulfide) groups is 2. The summed E-state index contributed by atoms with van der Waals surface area (Å²) in [5.74, 6) is -0.162. The van der Waals surface area contributed by atoms with Crippen LogP contribution in [0.2, 0.25) is 0 Å². The molecule has 3 heterocycles. The largest absolute Gasteiger partial charge is 0.465 e. The number of carbonyl (C=O) groups excluding carboxylic acids is 3. The summed E-state index contributed by atoms with van der Waals surface area (Å²) in [5, 5.41) is 0. The highest BCUT2D eigenvalue weighted by Crippen LogP contribution is 2.32. The minimum Gasteiger partial charge on any atom is -0.465 e. The van der Waals surface area contributed by atoms with Gasteiger partial charge in [0.15, 0.2) is 4.34 Å². The average molecular weight is 519 g/mol. The lowest BCUT2D eigenvalue weighted by Gasteiger charge is -2.14. The zero-order valence-corrected chi connectivity index (χ0v) is 20.4. The number of fused-ring (bicyclic) bond motifs is 1. The number of para-hydroxylation sites is 1. The fourth-order valence-corrected chi connectivity index (χ4v) is 6.03. The topological polar surface area (TPSA) is 105 Å². The molecular weight excluding hydrogens is 501 g/mol. The normalized spacial score (nSPS) is 14.9. The van der Waals surface area contributed by atoms with Crippen LogP contribution in [-0.4, -0.2) is 44.2 Å². The second-order valence-electron chi connectivity index (χ2n) is 6.78. The van der Waals surface area contributed by atoms with Crippen LogP contribution in [0.4, 0.5) is 0 Å². The number of hydrogen-bond donors (Lipinski definition) is 2. The Morgan fingerprint density at radius 3 is 2.79 bits per heavy atom. The minimum atomic E-state index is -0.343. The number of benzene rings is 1. The highest BCUT2D eigenvalue weighted by molar-refractivity contribution is 8.26. The van der Waals surface area contributed by atoms with Gasteiger partial charge < -0.3 is 4.42 Å². The van der Waals surface area contributed by atoms with Crippen molar-refractivity contribution in [2.75, 3.05) is 12.3 Å². The molecule has 4 rings (SSSR count). The molecule has 1 aliphatic rings. The fraction of sp³-hybridized carbons (Fsp3) is 0.190. The molecule has 2 N–H and O–H groups in total. The molecule has 3 aromatic rings. The van der Waals surface area contributed by atoms with Crippen LogP contribution in [0.1, 0.15) is 18.6 Å². The Morgan fingerprint density at radius 1 is 1.18 bits per heavy atom. The summed E-state index contributed by atoms with van der Waals surface area (Å²) in [6, 6.07) is 11.3. The van der Waals surface area contributed by atoms with Crippen LogP contribution < -0.4 is 10.9 Å². The van der Waals surface area contributed by atoms with E-state index in [4.69, 9.17) is 16.6 Å². The molecule has 1 aromatic carbocycles. The highest BCUT2D eigenvalue weighted by atomic mass is 32.2. The lowest BCUT2D eigenvalue weighted by molar-refractivity contribution is -0.128.